The normalized spacial score (nSPS) is 30.7. The minimum Gasteiger partial charge on any atom is -0.385 e. The lowest BCUT2D eigenvalue weighted by molar-refractivity contribution is 0.0466. The van der Waals surface area contributed by atoms with Crippen molar-refractivity contribution >= 4 is 0 Å². The molecule has 17 heavy (non-hydrogen) atoms. The average molecular weight is 240 g/mol. The van der Waals surface area contributed by atoms with Crippen LogP contribution in [0.3, 0.4) is 0 Å². The van der Waals surface area contributed by atoms with Gasteiger partial charge in [0.1, 0.15) is 0 Å². The van der Waals surface area contributed by atoms with Gasteiger partial charge in [0.05, 0.1) is 0 Å². The molecule has 2 aliphatic rings. The molecule has 0 amide bonds. The Balaban J connectivity index is 1.77. The average Bonchev–Trinajstić information content (AvgIpc) is 2.80. The molecule has 0 aromatic carbocycles. The SMILES string of the molecule is CCC1CN2CCCC2CN1CCCCOC. The second-order valence-electron chi connectivity index (χ2n) is 5.55. The van der Waals surface area contributed by atoms with Gasteiger partial charge in [-0.1, -0.05) is 6.92 Å². The molecule has 2 rings (SSSR count). The van der Waals surface area contributed by atoms with E-state index in [-0.39, 0.29) is 0 Å². The summed E-state index contributed by atoms with van der Waals surface area (Å²) in [6.07, 6.45) is 6.63. The van der Waals surface area contributed by atoms with Crippen molar-refractivity contribution < 1.29 is 4.74 Å². The van der Waals surface area contributed by atoms with E-state index in [1.807, 2.05) is 0 Å². The number of nitrogens with zero attached hydrogens (tertiary/aromatic N) is 2. The summed E-state index contributed by atoms with van der Waals surface area (Å²) in [5.41, 5.74) is 0. The fourth-order valence-electron chi connectivity index (χ4n) is 3.37. The van der Waals surface area contributed by atoms with Crippen LogP contribution < -0.4 is 0 Å². The number of piperazine rings is 1. The lowest BCUT2D eigenvalue weighted by atomic mass is 10.0. The molecule has 2 aliphatic heterocycles. The zero-order chi connectivity index (χ0) is 12.1. The zero-order valence-corrected chi connectivity index (χ0v) is 11.5. The summed E-state index contributed by atoms with van der Waals surface area (Å²) in [5.74, 6) is 0. The van der Waals surface area contributed by atoms with Crippen molar-refractivity contribution in [3.05, 3.63) is 0 Å². The molecule has 2 heterocycles. The van der Waals surface area contributed by atoms with E-state index in [0.29, 0.717) is 0 Å². The van der Waals surface area contributed by atoms with Gasteiger partial charge in [-0.05, 0) is 45.2 Å². The first-order valence-electron chi connectivity index (χ1n) is 7.32. The Kier molecular flexibility index (Phi) is 5.26. The minimum atomic E-state index is 0.798. The van der Waals surface area contributed by atoms with Crippen LogP contribution >= 0.6 is 0 Å². The van der Waals surface area contributed by atoms with Gasteiger partial charge in [0.2, 0.25) is 0 Å². The van der Waals surface area contributed by atoms with Crippen LogP contribution in [-0.2, 0) is 4.74 Å². The van der Waals surface area contributed by atoms with Gasteiger partial charge in [-0.2, -0.15) is 0 Å². The predicted molar refractivity (Wildman–Crippen MR) is 71.4 cm³/mol. The molecule has 0 bridgehead atoms. The molecule has 3 heteroatoms. The molecule has 2 atom stereocenters. The van der Waals surface area contributed by atoms with Crippen LogP contribution in [-0.4, -0.2) is 61.8 Å². The van der Waals surface area contributed by atoms with Gasteiger partial charge in [-0.3, -0.25) is 9.80 Å². The van der Waals surface area contributed by atoms with Crippen molar-refractivity contribution in [1.29, 1.82) is 0 Å². The quantitative estimate of drug-likeness (QED) is 0.660. The van der Waals surface area contributed by atoms with Crippen molar-refractivity contribution in [2.45, 2.75) is 51.1 Å². The molecule has 0 radical (unpaired) electrons. The van der Waals surface area contributed by atoms with Gasteiger partial charge in [0.15, 0.2) is 0 Å². The molecule has 0 N–H and O–H groups in total. The largest absolute Gasteiger partial charge is 0.385 e. The Morgan fingerprint density at radius 3 is 2.88 bits per heavy atom. The third-order valence-electron chi connectivity index (χ3n) is 4.42. The number of hydrogen-bond donors (Lipinski definition) is 0. The Labute approximate surface area is 106 Å². The van der Waals surface area contributed by atoms with Crippen molar-refractivity contribution in [3.8, 4) is 0 Å². The molecule has 2 unspecified atom stereocenters. The number of methoxy groups -OCH3 is 1. The Hall–Kier alpha value is -0.120. The summed E-state index contributed by atoms with van der Waals surface area (Å²) in [6.45, 7) is 8.49. The highest BCUT2D eigenvalue weighted by Gasteiger charge is 2.34. The van der Waals surface area contributed by atoms with Crippen molar-refractivity contribution in [2.24, 2.45) is 0 Å². The summed E-state index contributed by atoms with van der Waals surface area (Å²) in [6, 6.07) is 1.66. The fraction of sp³-hybridized carbons (Fsp3) is 1.00. The molecule has 2 saturated heterocycles. The standard InChI is InChI=1S/C14H28N2O/c1-3-13-11-16-9-6-7-14(16)12-15(13)8-4-5-10-17-2/h13-14H,3-12H2,1-2H3. The smallest absolute Gasteiger partial charge is 0.0462 e. The molecule has 0 saturated carbocycles. The molecule has 0 aromatic heterocycles. The summed E-state index contributed by atoms with van der Waals surface area (Å²) in [7, 11) is 1.80. The maximum Gasteiger partial charge on any atom is 0.0462 e. The van der Waals surface area contributed by atoms with Crippen LogP contribution in [0.25, 0.3) is 0 Å². The highest BCUT2D eigenvalue weighted by Crippen LogP contribution is 2.25. The van der Waals surface area contributed by atoms with Gasteiger partial charge in [-0.25, -0.2) is 0 Å². The first-order valence-corrected chi connectivity index (χ1v) is 7.32. The van der Waals surface area contributed by atoms with E-state index in [2.05, 4.69) is 16.7 Å². The van der Waals surface area contributed by atoms with Crippen LogP contribution in [0.4, 0.5) is 0 Å². The highest BCUT2D eigenvalue weighted by atomic mass is 16.5. The van der Waals surface area contributed by atoms with Crippen LogP contribution in [0.1, 0.15) is 39.0 Å². The van der Waals surface area contributed by atoms with E-state index in [1.54, 1.807) is 7.11 Å². The van der Waals surface area contributed by atoms with E-state index < -0.39 is 0 Å². The van der Waals surface area contributed by atoms with Crippen molar-refractivity contribution in [3.63, 3.8) is 0 Å². The van der Waals surface area contributed by atoms with Gasteiger partial charge >= 0.3 is 0 Å². The molecule has 2 fully saturated rings. The first kappa shape index (κ1) is 13.3. The molecule has 0 spiro atoms. The van der Waals surface area contributed by atoms with Gasteiger partial charge in [0, 0.05) is 38.9 Å². The summed E-state index contributed by atoms with van der Waals surface area (Å²) in [5, 5.41) is 0. The maximum atomic E-state index is 5.13. The van der Waals surface area contributed by atoms with Gasteiger partial charge in [0.25, 0.3) is 0 Å². The lowest BCUT2D eigenvalue weighted by Gasteiger charge is -2.43. The van der Waals surface area contributed by atoms with Crippen LogP contribution in [0.15, 0.2) is 0 Å². The third kappa shape index (κ3) is 3.43. The van der Waals surface area contributed by atoms with Crippen LogP contribution in [0, 0.1) is 0 Å². The second kappa shape index (κ2) is 6.72. The summed E-state index contributed by atoms with van der Waals surface area (Å²) in [4.78, 5) is 5.46. The first-order chi connectivity index (χ1) is 8.35. The number of hydrogen-bond acceptors (Lipinski definition) is 3. The second-order valence-corrected chi connectivity index (χ2v) is 5.55. The molecule has 0 aromatic rings. The summed E-state index contributed by atoms with van der Waals surface area (Å²) < 4.78 is 5.13. The topological polar surface area (TPSA) is 15.7 Å². The van der Waals surface area contributed by atoms with Crippen LogP contribution in [0.5, 0.6) is 0 Å². The van der Waals surface area contributed by atoms with E-state index in [4.69, 9.17) is 4.74 Å². The number of fused-ring (bicyclic) bond motifs is 1. The van der Waals surface area contributed by atoms with Crippen molar-refractivity contribution in [2.75, 3.05) is 39.9 Å². The maximum absolute atomic E-state index is 5.13. The monoisotopic (exact) mass is 240 g/mol. The molecular weight excluding hydrogens is 212 g/mol. The number of unbranched alkanes of at least 4 members (excludes halogenated alkanes) is 1. The Morgan fingerprint density at radius 2 is 2.12 bits per heavy atom. The fourth-order valence-corrected chi connectivity index (χ4v) is 3.37. The van der Waals surface area contributed by atoms with E-state index in [9.17, 15) is 0 Å². The molecule has 100 valence electrons. The Morgan fingerprint density at radius 1 is 1.24 bits per heavy atom. The van der Waals surface area contributed by atoms with Gasteiger partial charge in [-0.15, -0.1) is 0 Å². The zero-order valence-electron chi connectivity index (χ0n) is 11.5. The minimum absolute atomic E-state index is 0.798. The van der Waals surface area contributed by atoms with Crippen molar-refractivity contribution in [1.82, 2.24) is 9.80 Å². The van der Waals surface area contributed by atoms with Gasteiger partial charge < -0.3 is 4.74 Å². The van der Waals surface area contributed by atoms with E-state index in [1.165, 1.54) is 58.3 Å². The molecule has 3 nitrogen and oxygen atoms in total. The summed E-state index contributed by atoms with van der Waals surface area (Å²) >= 11 is 0. The lowest BCUT2D eigenvalue weighted by Crippen LogP contribution is -2.55. The highest BCUT2D eigenvalue weighted by molar-refractivity contribution is 4.91. The number of ether oxygens (including phenoxy) is 1. The number of rotatable bonds is 6. The third-order valence-corrected chi connectivity index (χ3v) is 4.42. The molecular formula is C14H28N2O. The van der Waals surface area contributed by atoms with E-state index in [0.717, 1.165) is 18.7 Å². The molecule has 0 aliphatic carbocycles. The predicted octanol–water partition coefficient (Wildman–Crippen LogP) is 1.97. The Bertz CT molecular complexity index is 222. The van der Waals surface area contributed by atoms with Crippen LogP contribution in [0.2, 0.25) is 0 Å². The van der Waals surface area contributed by atoms with E-state index >= 15 is 0 Å².